The van der Waals surface area contributed by atoms with Gasteiger partial charge in [0.25, 0.3) is 0 Å². The van der Waals surface area contributed by atoms with Gasteiger partial charge in [0.05, 0.1) is 27.8 Å². The van der Waals surface area contributed by atoms with E-state index in [0.29, 0.717) is 33.4 Å². The van der Waals surface area contributed by atoms with E-state index in [2.05, 4.69) is 35.5 Å². The van der Waals surface area contributed by atoms with E-state index in [-0.39, 0.29) is 27.8 Å². The first kappa shape index (κ1) is 39.6. The van der Waals surface area contributed by atoms with Gasteiger partial charge in [-0.15, -0.1) is 0 Å². The quantitative estimate of drug-likeness (QED) is 0.105. The molecule has 0 aliphatic carbocycles. The summed E-state index contributed by atoms with van der Waals surface area (Å²) in [6.45, 7) is 0. The van der Waals surface area contributed by atoms with E-state index >= 15 is 0 Å². The molecule has 6 aromatic carbocycles. The van der Waals surface area contributed by atoms with Gasteiger partial charge in [-0.2, -0.15) is 0 Å². The number of hydrogen-bond acceptors (Lipinski definition) is 5. The Hall–Kier alpha value is -8.65. The Labute approximate surface area is 326 Å². The molecule has 6 aromatic rings. The van der Waals surface area contributed by atoms with Crippen LogP contribution in [0.2, 0.25) is 0 Å². The molecular formula is C47H28O10. The zero-order chi connectivity index (χ0) is 40.9. The van der Waals surface area contributed by atoms with Crippen LogP contribution in [-0.4, -0.2) is 55.4 Å². The van der Waals surface area contributed by atoms with E-state index in [9.17, 15) is 24.0 Å². The fourth-order valence-corrected chi connectivity index (χ4v) is 4.98. The molecule has 57 heavy (non-hydrogen) atoms. The lowest BCUT2D eigenvalue weighted by Gasteiger charge is -2.03. The van der Waals surface area contributed by atoms with Crippen molar-refractivity contribution in [1.82, 2.24) is 0 Å². The Morgan fingerprint density at radius 3 is 0.632 bits per heavy atom. The number of benzene rings is 6. The smallest absolute Gasteiger partial charge is 0.335 e. The summed E-state index contributed by atoms with van der Waals surface area (Å²) in [4.78, 5) is 54.6. The normalized spacial score (nSPS) is 9.68. The lowest BCUT2D eigenvalue weighted by molar-refractivity contribution is 0.0686. The first-order chi connectivity index (χ1) is 27.3. The Kier molecular flexibility index (Phi) is 12.8. The Morgan fingerprint density at radius 2 is 0.439 bits per heavy atom. The summed E-state index contributed by atoms with van der Waals surface area (Å²) in [7, 11) is 0. The highest BCUT2D eigenvalue weighted by molar-refractivity contribution is 5.90. The van der Waals surface area contributed by atoms with Crippen LogP contribution in [0.5, 0.6) is 0 Å². The highest BCUT2D eigenvalue weighted by Crippen LogP contribution is 2.20. The van der Waals surface area contributed by atoms with E-state index < -0.39 is 29.8 Å². The zero-order valence-corrected chi connectivity index (χ0v) is 29.6. The summed E-state index contributed by atoms with van der Waals surface area (Å²) in [6.07, 6.45) is 0. The second kappa shape index (κ2) is 18.4. The minimum atomic E-state index is -1.01. The van der Waals surface area contributed by atoms with Gasteiger partial charge >= 0.3 is 29.8 Å². The van der Waals surface area contributed by atoms with Gasteiger partial charge < -0.3 is 25.5 Å². The fourth-order valence-electron chi connectivity index (χ4n) is 4.98. The van der Waals surface area contributed by atoms with Gasteiger partial charge in [0, 0.05) is 33.4 Å². The molecule has 0 aliphatic rings. The molecule has 0 heterocycles. The van der Waals surface area contributed by atoms with Crippen LogP contribution in [0, 0.1) is 35.5 Å². The molecule has 0 aromatic heterocycles. The number of hydrogen-bond donors (Lipinski definition) is 5. The summed E-state index contributed by atoms with van der Waals surface area (Å²) in [6, 6.07) is 36.9. The predicted molar refractivity (Wildman–Crippen MR) is 210 cm³/mol. The van der Waals surface area contributed by atoms with Crippen LogP contribution < -0.4 is 0 Å². The second-order valence-electron chi connectivity index (χ2n) is 12.0. The van der Waals surface area contributed by atoms with Crippen molar-refractivity contribution in [3.63, 3.8) is 0 Å². The van der Waals surface area contributed by atoms with Crippen LogP contribution in [0.3, 0.4) is 0 Å². The van der Waals surface area contributed by atoms with Crippen molar-refractivity contribution >= 4 is 29.8 Å². The Balaban J connectivity index is 0.000000287. The summed E-state index contributed by atoms with van der Waals surface area (Å²) in [5.41, 5.74) is 6.47. The maximum absolute atomic E-state index is 11.1. The molecule has 0 aliphatic heterocycles. The predicted octanol–water partition coefficient (Wildman–Crippen LogP) is 7.73. The monoisotopic (exact) mass is 752 g/mol. The van der Waals surface area contributed by atoms with E-state index in [1.807, 2.05) is 0 Å². The van der Waals surface area contributed by atoms with Crippen molar-refractivity contribution in [2.24, 2.45) is 0 Å². The topological polar surface area (TPSA) is 186 Å². The van der Waals surface area contributed by atoms with Crippen molar-refractivity contribution in [1.29, 1.82) is 0 Å². The van der Waals surface area contributed by atoms with Crippen LogP contribution in [0.25, 0.3) is 11.1 Å². The van der Waals surface area contributed by atoms with Gasteiger partial charge in [0.15, 0.2) is 0 Å². The molecule has 0 fully saturated rings. The van der Waals surface area contributed by atoms with Crippen LogP contribution >= 0.6 is 0 Å². The first-order valence-corrected chi connectivity index (χ1v) is 16.7. The third-order valence-corrected chi connectivity index (χ3v) is 7.98. The maximum atomic E-state index is 11.1. The molecule has 10 nitrogen and oxygen atoms in total. The molecule has 0 radical (unpaired) electrons. The van der Waals surface area contributed by atoms with Crippen molar-refractivity contribution in [3.05, 3.63) is 201 Å². The standard InChI is InChI=1S/C33H18O6.C14H10O4/c34-31(35)28-13-7-22(8-14-28)1-4-25-19-26(5-2-23-9-15-29(16-10-23)32(36)37)21-27(20-25)6-3-24-11-17-30(18-12-24)33(38)39;15-13(16)11-5-1-9(2-6-11)10-3-7-12(8-4-10)14(17)18/h7-21H,(H,34,35)(H,36,37)(H,38,39);1-8H,(H,15,16)(H,17,18). The Bertz CT molecular complexity index is 2400. The molecule has 0 bridgehead atoms. The van der Waals surface area contributed by atoms with E-state index in [4.69, 9.17) is 25.5 Å². The van der Waals surface area contributed by atoms with Crippen molar-refractivity contribution < 1.29 is 49.5 Å². The third-order valence-electron chi connectivity index (χ3n) is 7.98. The highest BCUT2D eigenvalue weighted by Gasteiger charge is 2.06. The molecule has 0 spiro atoms. The van der Waals surface area contributed by atoms with E-state index in [0.717, 1.165) is 11.1 Å². The number of carboxylic acid groups (broad SMARTS) is 5. The van der Waals surface area contributed by atoms with Crippen molar-refractivity contribution in [2.75, 3.05) is 0 Å². The lowest BCUT2D eigenvalue weighted by atomic mass is 10.0. The summed E-state index contributed by atoms with van der Waals surface area (Å²) < 4.78 is 0. The van der Waals surface area contributed by atoms with Crippen LogP contribution in [-0.2, 0) is 0 Å². The molecule has 0 amide bonds. The van der Waals surface area contributed by atoms with Gasteiger partial charge in [-0.3, -0.25) is 0 Å². The van der Waals surface area contributed by atoms with Gasteiger partial charge in [0.2, 0.25) is 0 Å². The van der Waals surface area contributed by atoms with Gasteiger partial charge in [-0.05, 0) is 126 Å². The van der Waals surface area contributed by atoms with Crippen molar-refractivity contribution in [3.8, 4) is 46.6 Å². The average molecular weight is 753 g/mol. The number of carbonyl (C=O) groups is 5. The minimum Gasteiger partial charge on any atom is -0.478 e. The molecule has 6 rings (SSSR count). The lowest BCUT2D eigenvalue weighted by Crippen LogP contribution is -1.96. The Morgan fingerprint density at radius 1 is 0.263 bits per heavy atom. The molecule has 0 saturated carbocycles. The third kappa shape index (κ3) is 11.4. The van der Waals surface area contributed by atoms with E-state index in [1.165, 1.54) is 60.7 Å². The van der Waals surface area contributed by atoms with Gasteiger partial charge in [-0.1, -0.05) is 59.8 Å². The van der Waals surface area contributed by atoms with Crippen LogP contribution in [0.15, 0.2) is 140 Å². The minimum absolute atomic E-state index is 0.170. The number of rotatable bonds is 6. The molecule has 0 unspecified atom stereocenters. The SMILES string of the molecule is O=C(O)c1ccc(-c2ccc(C(=O)O)cc2)cc1.O=C(O)c1ccc(C#Cc2cc(C#Cc3ccc(C(=O)O)cc3)cc(C#Cc3ccc(C(=O)O)cc3)c2)cc1. The van der Waals surface area contributed by atoms with Crippen molar-refractivity contribution in [2.45, 2.75) is 0 Å². The summed E-state index contributed by atoms with van der Waals surface area (Å²) in [5, 5.41) is 44.8. The van der Waals surface area contributed by atoms with Gasteiger partial charge in [-0.25, -0.2) is 24.0 Å². The average Bonchev–Trinajstić information content (AvgIpc) is 3.22. The molecule has 10 heteroatoms. The number of carboxylic acids is 5. The van der Waals surface area contributed by atoms with Crippen LogP contribution in [0.1, 0.15) is 85.2 Å². The molecule has 5 N–H and O–H groups in total. The largest absolute Gasteiger partial charge is 0.478 e. The molecular weight excluding hydrogens is 725 g/mol. The molecule has 0 atom stereocenters. The summed E-state index contributed by atoms with van der Waals surface area (Å²) in [5.74, 6) is 13.2. The highest BCUT2D eigenvalue weighted by atomic mass is 16.4. The first-order valence-electron chi connectivity index (χ1n) is 16.7. The molecule has 0 saturated heterocycles. The number of aromatic carboxylic acids is 5. The van der Waals surface area contributed by atoms with Crippen LogP contribution in [0.4, 0.5) is 0 Å². The molecule has 276 valence electrons. The van der Waals surface area contributed by atoms with Gasteiger partial charge in [0.1, 0.15) is 0 Å². The van der Waals surface area contributed by atoms with E-state index in [1.54, 1.807) is 78.9 Å². The fraction of sp³-hybridized carbons (Fsp3) is 0. The maximum Gasteiger partial charge on any atom is 0.335 e. The zero-order valence-electron chi connectivity index (χ0n) is 29.6. The second-order valence-corrected chi connectivity index (χ2v) is 12.0. The summed E-state index contributed by atoms with van der Waals surface area (Å²) >= 11 is 0.